The summed E-state index contributed by atoms with van der Waals surface area (Å²) >= 11 is 3.33. The number of oxazole rings is 1. The van der Waals surface area contributed by atoms with Crippen LogP contribution in [0, 0.1) is 17.7 Å². The van der Waals surface area contributed by atoms with Crippen LogP contribution in [0.25, 0.3) is 11.5 Å². The lowest BCUT2D eigenvalue weighted by Crippen LogP contribution is -2.39. The van der Waals surface area contributed by atoms with E-state index in [1.54, 1.807) is 12.1 Å². The Kier molecular flexibility index (Phi) is 5.72. The molecule has 4 rings (SSSR count). The first-order valence-electron chi connectivity index (χ1n) is 9.76. The second kappa shape index (κ2) is 8.15. The van der Waals surface area contributed by atoms with Gasteiger partial charge in [0.1, 0.15) is 5.82 Å². The van der Waals surface area contributed by atoms with Crippen LogP contribution in [0.15, 0.2) is 67.3 Å². The molecule has 8 heteroatoms. The standard InChI is InChI=1S/C22H22BrFN2O3S/c1-14-11-15(2)13-26(12-14)22-21(30(27,28)19-9-5-17(23)6-10-19)25-20(29-22)16-3-7-18(24)8-4-16/h3-10,14-15H,11-13H2,1-2H3. The van der Waals surface area contributed by atoms with Gasteiger partial charge in [-0.1, -0.05) is 29.8 Å². The van der Waals surface area contributed by atoms with Gasteiger partial charge in [0.25, 0.3) is 0 Å². The molecule has 1 aromatic heterocycles. The summed E-state index contributed by atoms with van der Waals surface area (Å²) in [5, 5.41) is -0.106. The first kappa shape index (κ1) is 21.1. The van der Waals surface area contributed by atoms with Crippen molar-refractivity contribution in [3.8, 4) is 11.5 Å². The molecule has 158 valence electrons. The topological polar surface area (TPSA) is 63.4 Å². The van der Waals surface area contributed by atoms with E-state index in [0.29, 0.717) is 30.5 Å². The monoisotopic (exact) mass is 492 g/mol. The number of nitrogens with zero attached hydrogens (tertiary/aromatic N) is 2. The average molecular weight is 493 g/mol. The number of benzene rings is 2. The van der Waals surface area contributed by atoms with Crippen LogP contribution in [0.1, 0.15) is 20.3 Å². The predicted molar refractivity (Wildman–Crippen MR) is 117 cm³/mol. The van der Waals surface area contributed by atoms with Crippen LogP contribution in [0.5, 0.6) is 0 Å². The SMILES string of the molecule is CC1CC(C)CN(c2oc(-c3ccc(F)cc3)nc2S(=O)(=O)c2ccc(Br)cc2)C1. The molecule has 0 aliphatic carbocycles. The molecule has 5 nitrogen and oxygen atoms in total. The highest BCUT2D eigenvalue weighted by molar-refractivity contribution is 9.10. The summed E-state index contributed by atoms with van der Waals surface area (Å²) in [7, 11) is -3.91. The molecular formula is C22H22BrFN2O3S. The first-order valence-corrected chi connectivity index (χ1v) is 12.0. The van der Waals surface area contributed by atoms with Gasteiger partial charge in [-0.3, -0.25) is 0 Å². The second-order valence-electron chi connectivity index (χ2n) is 7.94. The number of piperidine rings is 1. The lowest BCUT2D eigenvalue weighted by molar-refractivity contribution is 0.342. The van der Waals surface area contributed by atoms with E-state index in [1.165, 1.54) is 36.4 Å². The molecule has 0 radical (unpaired) electrons. The lowest BCUT2D eigenvalue weighted by Gasteiger charge is -2.34. The Morgan fingerprint density at radius 3 is 2.23 bits per heavy atom. The molecule has 2 heterocycles. The summed E-state index contributed by atoms with van der Waals surface area (Å²) in [5.74, 6) is 0.821. The second-order valence-corrected chi connectivity index (χ2v) is 10.7. The van der Waals surface area contributed by atoms with Crippen LogP contribution < -0.4 is 4.90 Å². The number of rotatable bonds is 4. The van der Waals surface area contributed by atoms with E-state index in [1.807, 2.05) is 4.90 Å². The van der Waals surface area contributed by atoms with Gasteiger partial charge >= 0.3 is 0 Å². The third-order valence-corrected chi connectivity index (χ3v) is 7.40. The highest BCUT2D eigenvalue weighted by Gasteiger charge is 2.34. The smallest absolute Gasteiger partial charge is 0.236 e. The Balaban J connectivity index is 1.85. The fourth-order valence-electron chi connectivity index (χ4n) is 3.94. The number of sulfone groups is 1. The van der Waals surface area contributed by atoms with Crippen molar-refractivity contribution in [1.82, 2.24) is 4.98 Å². The van der Waals surface area contributed by atoms with E-state index in [4.69, 9.17) is 4.42 Å². The molecule has 0 amide bonds. The van der Waals surface area contributed by atoms with E-state index in [0.717, 1.165) is 10.9 Å². The minimum absolute atomic E-state index is 0.106. The van der Waals surface area contributed by atoms with Gasteiger partial charge in [-0.15, -0.1) is 0 Å². The van der Waals surface area contributed by atoms with Gasteiger partial charge in [0.05, 0.1) is 4.90 Å². The van der Waals surface area contributed by atoms with Gasteiger partial charge in [-0.2, -0.15) is 4.98 Å². The van der Waals surface area contributed by atoms with Gasteiger partial charge in [-0.05, 0) is 66.8 Å². The summed E-state index contributed by atoms with van der Waals surface area (Å²) in [6, 6.07) is 12.1. The average Bonchev–Trinajstić information content (AvgIpc) is 3.14. The van der Waals surface area contributed by atoms with Crippen molar-refractivity contribution in [1.29, 1.82) is 0 Å². The zero-order valence-electron chi connectivity index (χ0n) is 16.7. The normalized spacial score (nSPS) is 19.8. The van der Waals surface area contributed by atoms with Crippen LogP contribution >= 0.6 is 15.9 Å². The molecule has 0 saturated carbocycles. The molecule has 0 bridgehead atoms. The molecule has 1 aliphatic rings. The summed E-state index contributed by atoms with van der Waals surface area (Å²) in [4.78, 5) is 6.48. The van der Waals surface area contributed by atoms with Crippen molar-refractivity contribution in [2.75, 3.05) is 18.0 Å². The van der Waals surface area contributed by atoms with Gasteiger partial charge in [0.2, 0.25) is 26.6 Å². The van der Waals surface area contributed by atoms with Gasteiger partial charge in [-0.25, -0.2) is 12.8 Å². The van der Waals surface area contributed by atoms with Crippen LogP contribution in [0.2, 0.25) is 0 Å². The van der Waals surface area contributed by atoms with E-state index in [9.17, 15) is 12.8 Å². The van der Waals surface area contributed by atoms with Crippen molar-refractivity contribution >= 4 is 31.7 Å². The minimum atomic E-state index is -3.91. The van der Waals surface area contributed by atoms with E-state index in [2.05, 4.69) is 34.8 Å². The van der Waals surface area contributed by atoms with Crippen molar-refractivity contribution in [3.05, 3.63) is 58.8 Å². The number of halogens is 2. The van der Waals surface area contributed by atoms with Crippen LogP contribution in [0.4, 0.5) is 10.3 Å². The Hall–Kier alpha value is -2.19. The predicted octanol–water partition coefficient (Wildman–Crippen LogP) is 5.56. The maximum Gasteiger partial charge on any atom is 0.236 e. The molecular weight excluding hydrogens is 471 g/mol. The summed E-state index contributed by atoms with van der Waals surface area (Å²) in [5.41, 5.74) is 0.521. The number of anilines is 1. The molecule has 3 aromatic rings. The van der Waals surface area contributed by atoms with Crippen molar-refractivity contribution < 1.29 is 17.2 Å². The fraction of sp³-hybridized carbons (Fsp3) is 0.318. The quantitative estimate of drug-likeness (QED) is 0.477. The highest BCUT2D eigenvalue weighted by Crippen LogP contribution is 2.37. The van der Waals surface area contributed by atoms with Crippen molar-refractivity contribution in [3.63, 3.8) is 0 Å². The number of hydrogen-bond acceptors (Lipinski definition) is 5. The van der Waals surface area contributed by atoms with E-state index < -0.39 is 9.84 Å². The third-order valence-electron chi connectivity index (χ3n) is 5.21. The maximum absolute atomic E-state index is 13.4. The molecule has 2 unspecified atom stereocenters. The Bertz CT molecular complexity index is 1130. The molecule has 1 fully saturated rings. The van der Waals surface area contributed by atoms with Crippen LogP contribution in [0.3, 0.4) is 0 Å². The summed E-state index contributed by atoms with van der Waals surface area (Å²) in [6.45, 7) is 5.65. The molecule has 2 aromatic carbocycles. The molecule has 1 saturated heterocycles. The maximum atomic E-state index is 13.4. The van der Waals surface area contributed by atoms with Crippen molar-refractivity contribution in [2.45, 2.75) is 30.2 Å². The molecule has 0 spiro atoms. The van der Waals surface area contributed by atoms with Gasteiger partial charge in [0, 0.05) is 23.1 Å². The molecule has 0 N–H and O–H groups in total. The Morgan fingerprint density at radius 2 is 1.63 bits per heavy atom. The Morgan fingerprint density at radius 1 is 1.03 bits per heavy atom. The van der Waals surface area contributed by atoms with Crippen LogP contribution in [-0.4, -0.2) is 26.5 Å². The number of hydrogen-bond donors (Lipinski definition) is 0. The highest BCUT2D eigenvalue weighted by atomic mass is 79.9. The molecule has 1 aliphatic heterocycles. The fourth-order valence-corrected chi connectivity index (χ4v) is 5.53. The number of aromatic nitrogens is 1. The summed E-state index contributed by atoms with van der Waals surface area (Å²) in [6.07, 6.45) is 1.07. The van der Waals surface area contributed by atoms with Gasteiger partial charge in [0.15, 0.2) is 0 Å². The lowest BCUT2D eigenvalue weighted by atomic mass is 9.92. The van der Waals surface area contributed by atoms with E-state index >= 15 is 0 Å². The zero-order valence-corrected chi connectivity index (χ0v) is 19.1. The minimum Gasteiger partial charge on any atom is -0.419 e. The molecule has 30 heavy (non-hydrogen) atoms. The molecule has 2 atom stereocenters. The van der Waals surface area contributed by atoms with Gasteiger partial charge < -0.3 is 9.32 Å². The van der Waals surface area contributed by atoms with Crippen molar-refractivity contribution in [2.24, 2.45) is 11.8 Å². The third kappa shape index (κ3) is 4.16. The Labute approximate surface area is 184 Å². The first-order chi connectivity index (χ1) is 14.2. The largest absolute Gasteiger partial charge is 0.419 e. The summed E-state index contributed by atoms with van der Waals surface area (Å²) < 4.78 is 47.0. The van der Waals surface area contributed by atoms with Crippen LogP contribution in [-0.2, 0) is 9.84 Å². The van der Waals surface area contributed by atoms with E-state index in [-0.39, 0.29) is 27.5 Å². The zero-order chi connectivity index (χ0) is 21.5.